The summed E-state index contributed by atoms with van der Waals surface area (Å²) in [4.78, 5) is 2.29. The minimum Gasteiger partial charge on any atom is -0.389 e. The molecule has 1 fully saturated rings. The van der Waals surface area contributed by atoms with Crippen molar-refractivity contribution in [3.63, 3.8) is 0 Å². The maximum Gasteiger partial charge on any atom is 0.0900 e. The average molecular weight is 246 g/mol. The molecule has 0 aromatic carbocycles. The van der Waals surface area contributed by atoms with E-state index in [1.165, 1.54) is 0 Å². The molecule has 1 aliphatic heterocycles. The van der Waals surface area contributed by atoms with Gasteiger partial charge in [-0.15, -0.1) is 0 Å². The molecule has 0 saturated carbocycles. The summed E-state index contributed by atoms with van der Waals surface area (Å²) in [6.45, 7) is 5.28. The van der Waals surface area contributed by atoms with Gasteiger partial charge in [0.2, 0.25) is 0 Å². The molecular weight excluding hydrogens is 220 g/mol. The van der Waals surface area contributed by atoms with Crippen molar-refractivity contribution >= 4 is 0 Å². The summed E-state index contributed by atoms with van der Waals surface area (Å²) in [6, 6.07) is 0.767. The molecule has 3 N–H and O–H groups in total. The molecule has 1 heterocycles. The van der Waals surface area contributed by atoms with Crippen LogP contribution in [0.3, 0.4) is 0 Å². The van der Waals surface area contributed by atoms with Crippen LogP contribution in [0.15, 0.2) is 0 Å². The van der Waals surface area contributed by atoms with Gasteiger partial charge in [0.15, 0.2) is 0 Å². The molecule has 0 aliphatic carbocycles. The number of hydrogen-bond donors (Lipinski definition) is 2. The molecule has 102 valence electrons. The number of rotatable bonds is 7. The van der Waals surface area contributed by atoms with E-state index in [2.05, 4.69) is 11.8 Å². The molecule has 1 aliphatic rings. The molecule has 0 bridgehead atoms. The maximum atomic E-state index is 9.85. The first-order valence-corrected chi connectivity index (χ1v) is 6.38. The average Bonchev–Trinajstić information content (AvgIpc) is 2.28. The zero-order chi connectivity index (χ0) is 12.7. The van der Waals surface area contributed by atoms with Crippen LogP contribution in [-0.4, -0.2) is 68.2 Å². The van der Waals surface area contributed by atoms with Crippen LogP contribution in [0.25, 0.3) is 0 Å². The molecule has 5 nitrogen and oxygen atoms in total. The van der Waals surface area contributed by atoms with E-state index in [0.717, 1.165) is 19.4 Å². The highest BCUT2D eigenvalue weighted by Gasteiger charge is 2.24. The summed E-state index contributed by atoms with van der Waals surface area (Å²) < 4.78 is 10.2. The van der Waals surface area contributed by atoms with Gasteiger partial charge in [0, 0.05) is 25.7 Å². The third kappa shape index (κ3) is 5.79. The monoisotopic (exact) mass is 246 g/mol. The minimum absolute atomic E-state index is 0.316. The first-order chi connectivity index (χ1) is 8.13. The van der Waals surface area contributed by atoms with Gasteiger partial charge in [0.05, 0.1) is 25.9 Å². The van der Waals surface area contributed by atoms with Crippen molar-refractivity contribution in [2.24, 2.45) is 5.73 Å². The first-order valence-electron chi connectivity index (χ1n) is 6.38. The summed E-state index contributed by atoms with van der Waals surface area (Å²) in [6.07, 6.45) is 1.60. The number of likely N-dealkylation sites (tertiary alicyclic amines) is 1. The minimum atomic E-state index is -0.427. The Morgan fingerprint density at radius 1 is 1.47 bits per heavy atom. The van der Waals surface area contributed by atoms with Crippen LogP contribution >= 0.6 is 0 Å². The number of ether oxygens (including phenoxy) is 2. The topological polar surface area (TPSA) is 68.0 Å². The molecule has 5 heteroatoms. The Bertz CT molecular complexity index is 204. The van der Waals surface area contributed by atoms with Crippen molar-refractivity contribution in [1.29, 1.82) is 0 Å². The number of β-amino-alcohol motifs (C(OH)–C–C–N with tert-alkyl or cyclic N) is 1. The normalized spacial score (nSPS) is 28.2. The molecule has 0 aromatic rings. The molecule has 17 heavy (non-hydrogen) atoms. The number of nitrogens with zero attached hydrogens (tertiary/aromatic N) is 1. The van der Waals surface area contributed by atoms with Gasteiger partial charge in [-0.2, -0.15) is 0 Å². The number of piperidine rings is 1. The lowest BCUT2D eigenvalue weighted by Gasteiger charge is -2.37. The van der Waals surface area contributed by atoms with E-state index in [4.69, 9.17) is 15.2 Å². The Kier molecular flexibility index (Phi) is 6.99. The van der Waals surface area contributed by atoms with Crippen LogP contribution in [0, 0.1) is 0 Å². The van der Waals surface area contributed by atoms with Crippen molar-refractivity contribution in [3.05, 3.63) is 0 Å². The summed E-state index contributed by atoms with van der Waals surface area (Å²) in [5, 5.41) is 9.85. The third-order valence-electron chi connectivity index (χ3n) is 3.24. The third-order valence-corrected chi connectivity index (χ3v) is 3.24. The fourth-order valence-corrected chi connectivity index (χ4v) is 2.21. The van der Waals surface area contributed by atoms with Crippen LogP contribution in [0.2, 0.25) is 0 Å². The highest BCUT2D eigenvalue weighted by Crippen LogP contribution is 2.15. The van der Waals surface area contributed by atoms with Crippen LogP contribution in [0.5, 0.6) is 0 Å². The van der Waals surface area contributed by atoms with Crippen molar-refractivity contribution in [3.8, 4) is 0 Å². The Balaban J connectivity index is 2.14. The molecule has 1 saturated heterocycles. The van der Waals surface area contributed by atoms with Crippen molar-refractivity contribution in [2.75, 3.05) is 40.0 Å². The molecule has 1 rings (SSSR count). The Hall–Kier alpha value is -0.200. The fraction of sp³-hybridized carbons (Fsp3) is 1.00. The van der Waals surface area contributed by atoms with Gasteiger partial charge in [0.25, 0.3) is 0 Å². The van der Waals surface area contributed by atoms with Gasteiger partial charge in [-0.05, 0) is 26.3 Å². The zero-order valence-corrected chi connectivity index (χ0v) is 11.0. The second-order valence-electron chi connectivity index (χ2n) is 4.85. The van der Waals surface area contributed by atoms with E-state index in [-0.39, 0.29) is 0 Å². The predicted molar refractivity (Wildman–Crippen MR) is 66.9 cm³/mol. The summed E-state index contributed by atoms with van der Waals surface area (Å²) in [5.74, 6) is 0. The van der Waals surface area contributed by atoms with Gasteiger partial charge < -0.3 is 20.3 Å². The van der Waals surface area contributed by atoms with Crippen LogP contribution in [0.4, 0.5) is 0 Å². The van der Waals surface area contributed by atoms with Gasteiger partial charge >= 0.3 is 0 Å². The van der Waals surface area contributed by atoms with Gasteiger partial charge in [-0.3, -0.25) is 4.90 Å². The summed E-state index contributed by atoms with van der Waals surface area (Å²) >= 11 is 0. The van der Waals surface area contributed by atoms with Crippen LogP contribution < -0.4 is 5.73 Å². The largest absolute Gasteiger partial charge is 0.389 e. The van der Waals surface area contributed by atoms with Gasteiger partial charge in [-0.1, -0.05) is 0 Å². The Labute approximate surface area is 104 Å². The Morgan fingerprint density at radius 2 is 2.24 bits per heavy atom. The molecule has 3 unspecified atom stereocenters. The molecule has 0 radical (unpaired) electrons. The number of nitrogens with two attached hydrogens (primary N) is 1. The molecule has 0 spiro atoms. The SMILES string of the molecule is COCCOCC(O)CN1CCC(N)CC1C. The maximum absolute atomic E-state index is 9.85. The fourth-order valence-electron chi connectivity index (χ4n) is 2.21. The molecule has 0 amide bonds. The molecule has 0 aromatic heterocycles. The second kappa shape index (κ2) is 8.00. The number of aliphatic hydroxyl groups is 1. The van der Waals surface area contributed by atoms with E-state index in [1.54, 1.807) is 7.11 Å². The van der Waals surface area contributed by atoms with Crippen molar-refractivity contribution in [1.82, 2.24) is 4.90 Å². The van der Waals surface area contributed by atoms with Crippen molar-refractivity contribution < 1.29 is 14.6 Å². The molecule has 3 atom stereocenters. The summed E-state index contributed by atoms with van der Waals surface area (Å²) in [5.41, 5.74) is 5.90. The predicted octanol–water partition coefficient (Wildman–Crippen LogP) is -0.178. The van der Waals surface area contributed by atoms with E-state index in [1.807, 2.05) is 0 Å². The number of hydrogen-bond acceptors (Lipinski definition) is 5. The van der Waals surface area contributed by atoms with E-state index in [9.17, 15) is 5.11 Å². The lowest BCUT2D eigenvalue weighted by atomic mass is 9.99. The van der Waals surface area contributed by atoms with E-state index < -0.39 is 6.10 Å². The van der Waals surface area contributed by atoms with E-state index >= 15 is 0 Å². The van der Waals surface area contributed by atoms with Gasteiger partial charge in [-0.25, -0.2) is 0 Å². The first kappa shape index (κ1) is 14.9. The molecular formula is C12H26N2O3. The number of aliphatic hydroxyl groups excluding tert-OH is 1. The highest BCUT2D eigenvalue weighted by molar-refractivity contribution is 4.81. The van der Waals surface area contributed by atoms with Crippen molar-refractivity contribution in [2.45, 2.75) is 38.0 Å². The number of methoxy groups -OCH3 is 1. The quantitative estimate of drug-likeness (QED) is 0.610. The summed E-state index contributed by atoms with van der Waals surface area (Å²) in [7, 11) is 1.64. The van der Waals surface area contributed by atoms with E-state index in [0.29, 0.717) is 38.4 Å². The highest BCUT2D eigenvalue weighted by atomic mass is 16.5. The standard InChI is InChI=1S/C12H26N2O3/c1-10-7-11(13)3-4-14(10)8-12(15)9-17-6-5-16-2/h10-12,15H,3-9,13H2,1-2H3. The second-order valence-corrected chi connectivity index (χ2v) is 4.85. The zero-order valence-electron chi connectivity index (χ0n) is 11.0. The lowest BCUT2D eigenvalue weighted by Crippen LogP contribution is -2.48. The van der Waals surface area contributed by atoms with Crippen LogP contribution in [-0.2, 0) is 9.47 Å². The smallest absolute Gasteiger partial charge is 0.0900 e. The van der Waals surface area contributed by atoms with Crippen LogP contribution in [0.1, 0.15) is 19.8 Å². The van der Waals surface area contributed by atoms with Gasteiger partial charge in [0.1, 0.15) is 0 Å². The lowest BCUT2D eigenvalue weighted by molar-refractivity contribution is -0.0103. The Morgan fingerprint density at radius 3 is 2.88 bits per heavy atom.